The van der Waals surface area contributed by atoms with Gasteiger partial charge in [0, 0.05) is 25.2 Å². The molecule has 3 rings (SSSR count). The molecule has 144 valence electrons. The largest absolute Gasteiger partial charge is 0.494 e. The first-order valence-electron chi connectivity index (χ1n) is 10.3. The van der Waals surface area contributed by atoms with E-state index in [9.17, 15) is 4.79 Å². The van der Waals surface area contributed by atoms with E-state index in [1.165, 1.54) is 32.4 Å². The number of likely N-dealkylation sites (tertiary alicyclic amines) is 2. The molecule has 2 aliphatic heterocycles. The van der Waals surface area contributed by atoms with E-state index in [0.29, 0.717) is 12.5 Å². The molecular formula is C22H34N2O2. The Morgan fingerprint density at radius 3 is 2.65 bits per heavy atom. The Bertz CT molecular complexity index is 608. The number of benzene rings is 1. The molecule has 1 atom stereocenters. The molecule has 0 aromatic heterocycles. The number of nitrogens with zero attached hydrogens (tertiary/aromatic N) is 2. The third kappa shape index (κ3) is 4.79. The fourth-order valence-electron chi connectivity index (χ4n) is 4.29. The highest BCUT2D eigenvalue weighted by atomic mass is 16.5. The van der Waals surface area contributed by atoms with Gasteiger partial charge in [-0.1, -0.05) is 6.92 Å². The lowest BCUT2D eigenvalue weighted by Crippen LogP contribution is -2.45. The Labute approximate surface area is 158 Å². The van der Waals surface area contributed by atoms with Gasteiger partial charge in [0.1, 0.15) is 5.75 Å². The number of rotatable bonds is 5. The molecule has 4 nitrogen and oxygen atoms in total. The zero-order chi connectivity index (χ0) is 18.5. The Kier molecular flexibility index (Phi) is 6.58. The maximum atomic E-state index is 13.0. The molecule has 1 amide bonds. The van der Waals surface area contributed by atoms with Crippen molar-refractivity contribution in [3.63, 3.8) is 0 Å². The minimum atomic E-state index is 0.174. The van der Waals surface area contributed by atoms with Gasteiger partial charge in [0.15, 0.2) is 0 Å². The Morgan fingerprint density at radius 1 is 1.19 bits per heavy atom. The average molecular weight is 359 g/mol. The molecule has 2 saturated heterocycles. The van der Waals surface area contributed by atoms with E-state index in [1.807, 2.05) is 32.0 Å². The maximum absolute atomic E-state index is 13.0. The average Bonchev–Trinajstić information content (AvgIpc) is 2.65. The number of amides is 1. The molecule has 26 heavy (non-hydrogen) atoms. The molecule has 4 heteroatoms. The molecule has 2 aliphatic rings. The minimum Gasteiger partial charge on any atom is -0.494 e. The van der Waals surface area contributed by atoms with Gasteiger partial charge in [-0.25, -0.2) is 0 Å². The highest BCUT2D eigenvalue weighted by Gasteiger charge is 2.27. The van der Waals surface area contributed by atoms with Crippen LogP contribution in [-0.4, -0.2) is 55.0 Å². The van der Waals surface area contributed by atoms with E-state index in [-0.39, 0.29) is 5.91 Å². The van der Waals surface area contributed by atoms with Crippen molar-refractivity contribution in [2.75, 3.05) is 39.3 Å². The number of hydrogen-bond acceptors (Lipinski definition) is 3. The van der Waals surface area contributed by atoms with Gasteiger partial charge in [-0.2, -0.15) is 0 Å². The Morgan fingerprint density at radius 2 is 1.96 bits per heavy atom. The predicted octanol–water partition coefficient (Wildman–Crippen LogP) is 3.98. The van der Waals surface area contributed by atoms with Gasteiger partial charge in [0.2, 0.25) is 0 Å². The molecule has 0 bridgehead atoms. The topological polar surface area (TPSA) is 32.8 Å². The summed E-state index contributed by atoms with van der Waals surface area (Å²) >= 11 is 0. The van der Waals surface area contributed by atoms with E-state index >= 15 is 0 Å². The second-order valence-corrected chi connectivity index (χ2v) is 8.16. The van der Waals surface area contributed by atoms with Crippen molar-refractivity contribution in [1.29, 1.82) is 0 Å². The monoisotopic (exact) mass is 358 g/mol. The van der Waals surface area contributed by atoms with Crippen LogP contribution >= 0.6 is 0 Å². The molecule has 0 aliphatic carbocycles. The van der Waals surface area contributed by atoms with Crippen LogP contribution in [0.3, 0.4) is 0 Å². The highest BCUT2D eigenvalue weighted by Crippen LogP contribution is 2.24. The van der Waals surface area contributed by atoms with Crippen molar-refractivity contribution >= 4 is 5.91 Å². The van der Waals surface area contributed by atoms with Gasteiger partial charge < -0.3 is 14.5 Å². The summed E-state index contributed by atoms with van der Waals surface area (Å²) in [5, 5.41) is 0. The third-order valence-electron chi connectivity index (χ3n) is 5.92. The van der Waals surface area contributed by atoms with Crippen molar-refractivity contribution in [2.45, 2.75) is 46.5 Å². The number of hydrogen-bond donors (Lipinski definition) is 0. The predicted molar refractivity (Wildman–Crippen MR) is 106 cm³/mol. The van der Waals surface area contributed by atoms with Crippen molar-refractivity contribution in [3.05, 3.63) is 29.3 Å². The quantitative estimate of drug-likeness (QED) is 0.798. The first-order valence-corrected chi connectivity index (χ1v) is 10.3. The fourth-order valence-corrected chi connectivity index (χ4v) is 4.29. The standard InChI is InChI=1S/C22H34N2O2/c1-4-26-21-8-7-20(14-18(21)3)22(25)24-11-5-6-19(16-24)15-23-12-9-17(2)10-13-23/h7-8,14,17,19H,4-6,9-13,15-16H2,1-3H3. The van der Waals surface area contributed by atoms with Crippen molar-refractivity contribution in [2.24, 2.45) is 11.8 Å². The van der Waals surface area contributed by atoms with Crippen LogP contribution in [0.25, 0.3) is 0 Å². The summed E-state index contributed by atoms with van der Waals surface area (Å²) in [6.07, 6.45) is 5.01. The lowest BCUT2D eigenvalue weighted by molar-refractivity contribution is 0.0622. The van der Waals surface area contributed by atoms with Crippen LogP contribution in [0.15, 0.2) is 18.2 Å². The number of piperidine rings is 2. The first-order chi connectivity index (χ1) is 12.6. The van der Waals surface area contributed by atoms with Gasteiger partial charge >= 0.3 is 0 Å². The first kappa shape index (κ1) is 19.2. The highest BCUT2D eigenvalue weighted by molar-refractivity contribution is 5.94. The summed E-state index contributed by atoms with van der Waals surface area (Å²) in [7, 11) is 0. The molecule has 0 saturated carbocycles. The van der Waals surface area contributed by atoms with E-state index in [1.54, 1.807) is 0 Å². The molecule has 1 aromatic rings. The molecule has 0 N–H and O–H groups in total. The third-order valence-corrected chi connectivity index (χ3v) is 5.92. The van der Waals surface area contributed by atoms with Crippen molar-refractivity contribution in [3.8, 4) is 5.75 Å². The van der Waals surface area contributed by atoms with Crippen LogP contribution in [0.1, 0.15) is 55.5 Å². The van der Waals surface area contributed by atoms with E-state index in [2.05, 4.69) is 16.7 Å². The van der Waals surface area contributed by atoms with E-state index < -0.39 is 0 Å². The van der Waals surface area contributed by atoms with Gasteiger partial charge in [-0.3, -0.25) is 4.79 Å². The van der Waals surface area contributed by atoms with Crippen LogP contribution in [-0.2, 0) is 0 Å². The molecule has 0 spiro atoms. The van der Waals surface area contributed by atoms with Crippen LogP contribution in [0.2, 0.25) is 0 Å². The lowest BCUT2D eigenvalue weighted by atomic mass is 9.94. The maximum Gasteiger partial charge on any atom is 0.253 e. The Balaban J connectivity index is 1.58. The van der Waals surface area contributed by atoms with Gasteiger partial charge in [-0.05, 0) is 88.2 Å². The summed E-state index contributed by atoms with van der Waals surface area (Å²) in [5.41, 5.74) is 1.83. The van der Waals surface area contributed by atoms with Crippen LogP contribution < -0.4 is 4.74 Å². The summed E-state index contributed by atoms with van der Waals surface area (Å²) in [5.74, 6) is 2.54. The number of aryl methyl sites for hydroxylation is 1. The van der Waals surface area contributed by atoms with Crippen molar-refractivity contribution < 1.29 is 9.53 Å². The minimum absolute atomic E-state index is 0.174. The molecule has 2 fully saturated rings. The summed E-state index contributed by atoms with van der Waals surface area (Å²) in [6, 6.07) is 5.82. The molecule has 0 radical (unpaired) electrons. The number of carbonyl (C=O) groups is 1. The zero-order valence-electron chi connectivity index (χ0n) is 16.7. The van der Waals surface area contributed by atoms with Crippen molar-refractivity contribution in [1.82, 2.24) is 9.80 Å². The van der Waals surface area contributed by atoms with Crippen LogP contribution in [0.4, 0.5) is 0 Å². The molecule has 1 unspecified atom stereocenters. The van der Waals surface area contributed by atoms with Gasteiger partial charge in [0.05, 0.1) is 6.61 Å². The SMILES string of the molecule is CCOc1ccc(C(=O)N2CCCC(CN3CCC(C)CC3)C2)cc1C. The van der Waals surface area contributed by atoms with Crippen LogP contribution in [0.5, 0.6) is 5.75 Å². The zero-order valence-corrected chi connectivity index (χ0v) is 16.7. The van der Waals surface area contributed by atoms with E-state index in [4.69, 9.17) is 4.74 Å². The second-order valence-electron chi connectivity index (χ2n) is 8.16. The summed E-state index contributed by atoms with van der Waals surface area (Å²) in [6.45, 7) is 12.4. The molecule has 1 aromatic carbocycles. The fraction of sp³-hybridized carbons (Fsp3) is 0.682. The Hall–Kier alpha value is -1.55. The van der Waals surface area contributed by atoms with Gasteiger partial charge in [0.25, 0.3) is 5.91 Å². The lowest BCUT2D eigenvalue weighted by Gasteiger charge is -2.38. The smallest absolute Gasteiger partial charge is 0.253 e. The molecule has 2 heterocycles. The second kappa shape index (κ2) is 8.90. The number of ether oxygens (including phenoxy) is 1. The summed E-state index contributed by atoms with van der Waals surface area (Å²) in [4.78, 5) is 17.6. The molecular weight excluding hydrogens is 324 g/mol. The van der Waals surface area contributed by atoms with Gasteiger partial charge in [-0.15, -0.1) is 0 Å². The van der Waals surface area contributed by atoms with E-state index in [0.717, 1.165) is 48.8 Å². The summed E-state index contributed by atoms with van der Waals surface area (Å²) < 4.78 is 5.60. The normalized spacial score (nSPS) is 22.4. The van der Waals surface area contributed by atoms with Crippen LogP contribution in [0, 0.1) is 18.8 Å². The number of carbonyl (C=O) groups excluding carboxylic acids is 1.